The van der Waals surface area contributed by atoms with Crippen LogP contribution in [0.5, 0.6) is 0 Å². The SMILES string of the molecule is C=Cc1cccc(N(C)C(N)=Nc2cccc3ccccc23)c1. The first-order valence-corrected chi connectivity index (χ1v) is 7.47. The number of benzene rings is 3. The summed E-state index contributed by atoms with van der Waals surface area (Å²) in [6.45, 7) is 3.80. The maximum Gasteiger partial charge on any atom is 0.200 e. The molecule has 0 spiro atoms. The molecule has 114 valence electrons. The average Bonchev–Trinajstić information content (AvgIpc) is 2.61. The van der Waals surface area contributed by atoms with Gasteiger partial charge in [-0.15, -0.1) is 0 Å². The summed E-state index contributed by atoms with van der Waals surface area (Å²) in [4.78, 5) is 6.48. The number of rotatable bonds is 3. The monoisotopic (exact) mass is 301 g/mol. The molecule has 0 aliphatic carbocycles. The summed E-state index contributed by atoms with van der Waals surface area (Å²) < 4.78 is 0. The summed E-state index contributed by atoms with van der Waals surface area (Å²) in [5.41, 5.74) is 9.11. The van der Waals surface area contributed by atoms with E-state index in [9.17, 15) is 0 Å². The molecule has 0 fully saturated rings. The van der Waals surface area contributed by atoms with Gasteiger partial charge in [0.2, 0.25) is 5.96 Å². The molecule has 3 heteroatoms. The lowest BCUT2D eigenvalue weighted by molar-refractivity contribution is 1.22. The van der Waals surface area contributed by atoms with Gasteiger partial charge in [0.15, 0.2) is 0 Å². The molecule has 0 bridgehead atoms. The van der Waals surface area contributed by atoms with E-state index in [-0.39, 0.29) is 0 Å². The Morgan fingerprint density at radius 3 is 2.61 bits per heavy atom. The molecule has 0 atom stereocenters. The van der Waals surface area contributed by atoms with Gasteiger partial charge in [-0.05, 0) is 29.1 Å². The molecule has 0 unspecified atom stereocenters. The fourth-order valence-electron chi connectivity index (χ4n) is 2.50. The Balaban J connectivity index is 1.99. The first-order chi connectivity index (χ1) is 11.2. The van der Waals surface area contributed by atoms with Crippen LogP contribution in [0.1, 0.15) is 5.56 Å². The maximum absolute atomic E-state index is 6.21. The van der Waals surface area contributed by atoms with Gasteiger partial charge < -0.3 is 10.6 Å². The third-order valence-corrected chi connectivity index (χ3v) is 3.84. The Bertz CT molecular complexity index is 875. The Morgan fingerprint density at radius 2 is 1.78 bits per heavy atom. The molecule has 23 heavy (non-hydrogen) atoms. The van der Waals surface area contributed by atoms with Crippen LogP contribution in [0, 0.1) is 0 Å². The Kier molecular flexibility index (Phi) is 4.11. The van der Waals surface area contributed by atoms with Crippen molar-refractivity contribution in [2.45, 2.75) is 0 Å². The zero-order valence-electron chi connectivity index (χ0n) is 13.1. The molecule has 2 N–H and O–H groups in total. The molecular formula is C20H19N3. The van der Waals surface area contributed by atoms with E-state index in [1.165, 1.54) is 0 Å². The van der Waals surface area contributed by atoms with Crippen molar-refractivity contribution in [1.82, 2.24) is 0 Å². The first kappa shape index (κ1) is 14.9. The third kappa shape index (κ3) is 3.09. The highest BCUT2D eigenvalue weighted by atomic mass is 15.2. The summed E-state index contributed by atoms with van der Waals surface area (Å²) >= 11 is 0. The smallest absolute Gasteiger partial charge is 0.200 e. The van der Waals surface area contributed by atoms with Gasteiger partial charge in [-0.3, -0.25) is 0 Å². The average molecular weight is 301 g/mol. The number of hydrogen-bond acceptors (Lipinski definition) is 1. The third-order valence-electron chi connectivity index (χ3n) is 3.84. The van der Waals surface area contributed by atoms with Gasteiger partial charge >= 0.3 is 0 Å². The van der Waals surface area contributed by atoms with Crippen LogP contribution < -0.4 is 10.6 Å². The van der Waals surface area contributed by atoms with Gasteiger partial charge in [0.05, 0.1) is 5.69 Å². The zero-order valence-corrected chi connectivity index (χ0v) is 13.1. The summed E-state index contributed by atoms with van der Waals surface area (Å²) in [5, 5.41) is 2.24. The van der Waals surface area contributed by atoms with E-state index in [1.807, 2.05) is 66.6 Å². The zero-order chi connectivity index (χ0) is 16.2. The van der Waals surface area contributed by atoms with E-state index in [0.29, 0.717) is 5.96 Å². The fraction of sp³-hybridized carbons (Fsp3) is 0.0500. The topological polar surface area (TPSA) is 41.6 Å². The van der Waals surface area contributed by atoms with Crippen LogP contribution in [0.2, 0.25) is 0 Å². The standard InChI is InChI=1S/C20H19N3/c1-3-15-8-6-11-17(14-15)23(2)20(21)22-19-13-7-10-16-9-4-5-12-18(16)19/h3-14H,1H2,2H3,(H2,21,22). The van der Waals surface area contributed by atoms with Crippen molar-refractivity contribution in [1.29, 1.82) is 0 Å². The van der Waals surface area contributed by atoms with Crippen LogP contribution in [0.3, 0.4) is 0 Å². The van der Waals surface area contributed by atoms with Crippen LogP contribution in [0.15, 0.2) is 78.3 Å². The van der Waals surface area contributed by atoms with E-state index in [2.05, 4.69) is 29.8 Å². The van der Waals surface area contributed by atoms with E-state index >= 15 is 0 Å². The van der Waals surface area contributed by atoms with Crippen molar-refractivity contribution >= 4 is 34.2 Å². The van der Waals surface area contributed by atoms with Crippen molar-refractivity contribution in [3.05, 3.63) is 78.9 Å². The van der Waals surface area contributed by atoms with Crippen LogP contribution in [0.25, 0.3) is 16.8 Å². The predicted octanol–water partition coefficient (Wildman–Crippen LogP) is 4.57. The first-order valence-electron chi connectivity index (χ1n) is 7.47. The molecule has 0 radical (unpaired) electrons. The Hall–Kier alpha value is -3.07. The van der Waals surface area contributed by atoms with Gasteiger partial charge in [0, 0.05) is 18.1 Å². The lowest BCUT2D eigenvalue weighted by atomic mass is 10.1. The largest absolute Gasteiger partial charge is 0.369 e. The van der Waals surface area contributed by atoms with E-state index in [1.54, 1.807) is 0 Å². The van der Waals surface area contributed by atoms with Crippen molar-refractivity contribution in [3.63, 3.8) is 0 Å². The van der Waals surface area contributed by atoms with Crippen LogP contribution in [-0.4, -0.2) is 13.0 Å². The van der Waals surface area contributed by atoms with Gasteiger partial charge in [0.1, 0.15) is 0 Å². The van der Waals surface area contributed by atoms with E-state index < -0.39 is 0 Å². The number of nitrogens with zero attached hydrogens (tertiary/aromatic N) is 2. The van der Waals surface area contributed by atoms with Gasteiger partial charge in [-0.25, -0.2) is 4.99 Å². The molecule has 0 saturated heterocycles. The van der Waals surface area contributed by atoms with Crippen LogP contribution in [-0.2, 0) is 0 Å². The number of nitrogens with two attached hydrogens (primary N) is 1. The van der Waals surface area contributed by atoms with Crippen molar-refractivity contribution in [2.75, 3.05) is 11.9 Å². The highest BCUT2D eigenvalue weighted by Gasteiger charge is 2.07. The number of anilines is 1. The summed E-state index contributed by atoms with van der Waals surface area (Å²) in [5.74, 6) is 0.447. The molecule has 0 aromatic heterocycles. The minimum Gasteiger partial charge on any atom is -0.369 e. The lowest BCUT2D eigenvalue weighted by Gasteiger charge is -2.19. The summed E-state index contributed by atoms with van der Waals surface area (Å²) in [7, 11) is 1.91. The Labute approximate surface area is 136 Å². The normalized spacial score (nSPS) is 11.4. The fourth-order valence-corrected chi connectivity index (χ4v) is 2.50. The molecule has 0 aliphatic rings. The highest BCUT2D eigenvalue weighted by molar-refractivity contribution is 6.00. The number of aliphatic imine (C=N–C) groups is 1. The quantitative estimate of drug-likeness (QED) is 0.569. The second kappa shape index (κ2) is 6.36. The molecule has 3 aromatic carbocycles. The van der Waals surface area contributed by atoms with Crippen molar-refractivity contribution in [2.24, 2.45) is 10.7 Å². The molecule has 3 nitrogen and oxygen atoms in total. The van der Waals surface area contributed by atoms with Gasteiger partial charge in [0.25, 0.3) is 0 Å². The number of hydrogen-bond donors (Lipinski definition) is 1. The van der Waals surface area contributed by atoms with E-state index in [4.69, 9.17) is 5.73 Å². The molecule has 0 aliphatic heterocycles. The van der Waals surface area contributed by atoms with E-state index in [0.717, 1.165) is 27.7 Å². The molecule has 3 aromatic rings. The lowest BCUT2D eigenvalue weighted by Crippen LogP contribution is -2.33. The van der Waals surface area contributed by atoms with Crippen molar-refractivity contribution in [3.8, 4) is 0 Å². The van der Waals surface area contributed by atoms with Gasteiger partial charge in [-0.2, -0.15) is 0 Å². The van der Waals surface area contributed by atoms with Crippen molar-refractivity contribution < 1.29 is 0 Å². The number of guanidine groups is 1. The van der Waals surface area contributed by atoms with Crippen LogP contribution in [0.4, 0.5) is 11.4 Å². The molecule has 0 heterocycles. The Morgan fingerprint density at radius 1 is 1.04 bits per heavy atom. The number of fused-ring (bicyclic) bond motifs is 1. The predicted molar refractivity (Wildman–Crippen MR) is 100 cm³/mol. The van der Waals surface area contributed by atoms with Crippen LogP contribution >= 0.6 is 0 Å². The molecular weight excluding hydrogens is 282 g/mol. The second-order valence-electron chi connectivity index (χ2n) is 5.33. The highest BCUT2D eigenvalue weighted by Crippen LogP contribution is 2.26. The molecule has 0 saturated carbocycles. The minimum atomic E-state index is 0.447. The summed E-state index contributed by atoms with van der Waals surface area (Å²) in [6.07, 6.45) is 1.81. The summed E-state index contributed by atoms with van der Waals surface area (Å²) in [6, 6.07) is 22.2. The minimum absolute atomic E-state index is 0.447. The molecule has 0 amide bonds. The second-order valence-corrected chi connectivity index (χ2v) is 5.33. The van der Waals surface area contributed by atoms with Gasteiger partial charge in [-0.1, -0.05) is 61.2 Å². The molecule has 3 rings (SSSR count). The maximum atomic E-state index is 6.21.